The van der Waals surface area contributed by atoms with Crippen molar-refractivity contribution in [3.8, 4) is 0 Å². The predicted octanol–water partition coefficient (Wildman–Crippen LogP) is 3.33. The minimum absolute atomic E-state index is 0.0894. The Balaban J connectivity index is 1.27. The molecule has 2 heterocycles. The minimum atomic E-state index is -0.545. The highest BCUT2D eigenvalue weighted by Gasteiger charge is 2.39. The van der Waals surface area contributed by atoms with E-state index in [1.165, 1.54) is 50.5 Å². The lowest BCUT2D eigenvalue weighted by atomic mass is 9.80. The summed E-state index contributed by atoms with van der Waals surface area (Å²) in [5.41, 5.74) is 3.01. The smallest absolute Gasteiger partial charge is 0.255 e. The van der Waals surface area contributed by atoms with Crippen molar-refractivity contribution in [3.05, 3.63) is 34.9 Å². The normalized spacial score (nSPS) is 29.1. The Morgan fingerprint density at radius 3 is 2.66 bits per heavy atom. The second-order valence-corrected chi connectivity index (χ2v) is 10.3. The zero-order valence-electron chi connectivity index (χ0n) is 19.1. The van der Waals surface area contributed by atoms with E-state index in [2.05, 4.69) is 29.7 Å². The molecule has 0 aromatic heterocycles. The summed E-state index contributed by atoms with van der Waals surface area (Å²) in [4.78, 5) is 38.4. The molecule has 1 aromatic carbocycles. The molecule has 3 fully saturated rings. The van der Waals surface area contributed by atoms with Gasteiger partial charge in [0.2, 0.25) is 11.8 Å². The largest absolute Gasteiger partial charge is 0.322 e. The van der Waals surface area contributed by atoms with Gasteiger partial charge in [-0.3, -0.25) is 19.7 Å². The third kappa shape index (κ3) is 4.34. The van der Waals surface area contributed by atoms with E-state index >= 15 is 0 Å². The number of carbonyl (C=O) groups excluding carboxylic acids is 3. The third-order valence-corrected chi connectivity index (χ3v) is 8.05. The second-order valence-electron chi connectivity index (χ2n) is 10.3. The predicted molar refractivity (Wildman–Crippen MR) is 122 cm³/mol. The molecule has 0 bridgehead atoms. The Hall–Kier alpha value is -2.21. The molecule has 1 aromatic rings. The number of nitrogens with one attached hydrogen (secondary N) is 2. The molecule has 172 valence electrons. The summed E-state index contributed by atoms with van der Waals surface area (Å²) < 4.78 is 0. The fourth-order valence-electron chi connectivity index (χ4n) is 6.09. The van der Waals surface area contributed by atoms with Crippen molar-refractivity contribution in [2.45, 2.75) is 95.8 Å². The lowest BCUT2D eigenvalue weighted by molar-refractivity contribution is -0.136. The fourth-order valence-corrected chi connectivity index (χ4v) is 6.09. The molecule has 32 heavy (non-hydrogen) atoms. The summed E-state index contributed by atoms with van der Waals surface area (Å²) in [5, 5.41) is 6.40. The van der Waals surface area contributed by atoms with E-state index in [4.69, 9.17) is 0 Å². The fraction of sp³-hybridized carbons (Fsp3) is 0.654. The number of fused-ring (bicyclic) bond motifs is 1. The third-order valence-electron chi connectivity index (χ3n) is 8.05. The van der Waals surface area contributed by atoms with Gasteiger partial charge in [-0.2, -0.15) is 0 Å². The zero-order chi connectivity index (χ0) is 22.2. The molecular formula is C26H35N3O3. The van der Waals surface area contributed by atoms with E-state index in [0.717, 1.165) is 17.9 Å². The van der Waals surface area contributed by atoms with Crippen molar-refractivity contribution in [3.63, 3.8) is 0 Å². The van der Waals surface area contributed by atoms with Gasteiger partial charge in [0.05, 0.1) is 0 Å². The van der Waals surface area contributed by atoms with Crippen LogP contribution in [-0.2, 0) is 22.6 Å². The number of carbonyl (C=O) groups is 3. The molecule has 2 unspecified atom stereocenters. The topological polar surface area (TPSA) is 78.5 Å². The molecule has 2 N–H and O–H groups in total. The molecule has 5 rings (SSSR count). The van der Waals surface area contributed by atoms with Gasteiger partial charge < -0.3 is 10.2 Å². The van der Waals surface area contributed by atoms with Crippen molar-refractivity contribution in [2.24, 2.45) is 11.8 Å². The number of imide groups is 1. The van der Waals surface area contributed by atoms with Crippen molar-refractivity contribution in [2.75, 3.05) is 0 Å². The first-order valence-corrected chi connectivity index (χ1v) is 12.6. The molecular weight excluding hydrogens is 402 g/mol. The van der Waals surface area contributed by atoms with Crippen molar-refractivity contribution in [1.29, 1.82) is 0 Å². The summed E-state index contributed by atoms with van der Waals surface area (Å²) in [6.07, 6.45) is 10.9. The van der Waals surface area contributed by atoms with Crippen LogP contribution in [0.3, 0.4) is 0 Å². The Labute approximate surface area is 190 Å². The maximum atomic E-state index is 13.0. The number of benzene rings is 1. The van der Waals surface area contributed by atoms with E-state index in [-0.39, 0.29) is 24.1 Å². The standard InChI is InChI=1S/C26H35N3O3/c1-2-21(17-8-9-17)27-22-6-4-3-5-18(22)13-16-7-10-20-19(14-16)15-29(26(20)32)23-11-12-24(30)28-25(23)31/h7,10,14,17-18,21-23,27H,2-6,8-9,11-13,15H2,1H3,(H,28,30,31)/t18-,21?,22+,23?/m1/s1. The van der Waals surface area contributed by atoms with Crippen LogP contribution in [0.4, 0.5) is 0 Å². The first kappa shape index (κ1) is 21.6. The van der Waals surface area contributed by atoms with Gasteiger partial charge >= 0.3 is 0 Å². The van der Waals surface area contributed by atoms with E-state index in [1.54, 1.807) is 4.90 Å². The van der Waals surface area contributed by atoms with Crippen LogP contribution in [0.5, 0.6) is 0 Å². The zero-order valence-corrected chi connectivity index (χ0v) is 19.1. The van der Waals surface area contributed by atoms with Gasteiger partial charge in [-0.05, 0) is 74.0 Å². The van der Waals surface area contributed by atoms with Gasteiger partial charge in [-0.15, -0.1) is 0 Å². The maximum absolute atomic E-state index is 13.0. The van der Waals surface area contributed by atoms with Crippen LogP contribution in [0, 0.1) is 11.8 Å². The summed E-state index contributed by atoms with van der Waals surface area (Å²) in [7, 11) is 0. The monoisotopic (exact) mass is 437 g/mol. The first-order valence-electron chi connectivity index (χ1n) is 12.6. The summed E-state index contributed by atoms with van der Waals surface area (Å²) in [6.45, 7) is 2.76. The molecule has 1 saturated heterocycles. The molecule has 4 aliphatic rings. The molecule has 2 aliphatic heterocycles. The highest BCUT2D eigenvalue weighted by molar-refractivity contribution is 6.05. The lowest BCUT2D eigenvalue weighted by Gasteiger charge is -2.35. The number of hydrogen-bond donors (Lipinski definition) is 2. The van der Waals surface area contributed by atoms with Gasteiger partial charge in [0.15, 0.2) is 0 Å². The summed E-state index contributed by atoms with van der Waals surface area (Å²) in [6, 6.07) is 6.95. The number of amides is 3. The van der Waals surface area contributed by atoms with Gasteiger partial charge in [0.1, 0.15) is 6.04 Å². The average Bonchev–Trinajstić information content (AvgIpc) is 3.57. The van der Waals surface area contributed by atoms with Crippen molar-refractivity contribution in [1.82, 2.24) is 15.5 Å². The summed E-state index contributed by atoms with van der Waals surface area (Å²) >= 11 is 0. The first-order chi connectivity index (χ1) is 15.5. The highest BCUT2D eigenvalue weighted by atomic mass is 16.2. The molecule has 3 amide bonds. The number of hydrogen-bond acceptors (Lipinski definition) is 4. The van der Waals surface area contributed by atoms with Crippen molar-refractivity contribution >= 4 is 17.7 Å². The van der Waals surface area contributed by atoms with Gasteiger partial charge in [-0.25, -0.2) is 0 Å². The van der Waals surface area contributed by atoms with Crippen molar-refractivity contribution < 1.29 is 14.4 Å². The summed E-state index contributed by atoms with van der Waals surface area (Å²) in [5.74, 6) is 0.832. The molecule has 6 nitrogen and oxygen atoms in total. The van der Waals surface area contributed by atoms with Gasteiger partial charge in [0, 0.05) is 30.6 Å². The number of piperidine rings is 1. The van der Waals surface area contributed by atoms with E-state index < -0.39 is 6.04 Å². The number of rotatable bonds is 7. The van der Waals surface area contributed by atoms with Crippen LogP contribution >= 0.6 is 0 Å². The average molecular weight is 438 g/mol. The Morgan fingerprint density at radius 1 is 1.09 bits per heavy atom. The molecule has 0 spiro atoms. The Bertz CT molecular complexity index is 910. The van der Waals surface area contributed by atoms with Crippen LogP contribution in [-0.4, -0.2) is 40.7 Å². The van der Waals surface area contributed by atoms with Crippen LogP contribution in [0.2, 0.25) is 0 Å². The highest BCUT2D eigenvalue weighted by Crippen LogP contribution is 2.36. The van der Waals surface area contributed by atoms with E-state index in [1.807, 2.05) is 6.07 Å². The van der Waals surface area contributed by atoms with Crippen LogP contribution in [0.1, 0.15) is 86.2 Å². The lowest BCUT2D eigenvalue weighted by Crippen LogP contribution is -2.52. The Morgan fingerprint density at radius 2 is 1.91 bits per heavy atom. The molecule has 4 atom stereocenters. The molecule has 0 radical (unpaired) electrons. The number of nitrogens with zero attached hydrogens (tertiary/aromatic N) is 1. The van der Waals surface area contributed by atoms with Crippen LogP contribution < -0.4 is 10.6 Å². The quantitative estimate of drug-likeness (QED) is 0.642. The maximum Gasteiger partial charge on any atom is 0.255 e. The van der Waals surface area contributed by atoms with E-state index in [0.29, 0.717) is 36.5 Å². The van der Waals surface area contributed by atoms with E-state index in [9.17, 15) is 14.4 Å². The van der Waals surface area contributed by atoms with Gasteiger partial charge in [0.25, 0.3) is 5.91 Å². The Kier molecular flexibility index (Phi) is 6.06. The molecule has 2 saturated carbocycles. The van der Waals surface area contributed by atoms with Crippen LogP contribution in [0.25, 0.3) is 0 Å². The molecule has 2 aliphatic carbocycles. The molecule has 6 heteroatoms. The van der Waals surface area contributed by atoms with Gasteiger partial charge in [-0.1, -0.05) is 31.9 Å². The second kappa shape index (κ2) is 8.97. The SMILES string of the molecule is CCC(N[C@H]1CCCC[C@@H]1Cc1ccc2c(c1)CN(C1CCC(=O)NC1=O)C2=O)C1CC1. The van der Waals surface area contributed by atoms with Crippen LogP contribution in [0.15, 0.2) is 18.2 Å². The minimum Gasteiger partial charge on any atom is -0.322 e.